The number of rotatable bonds is 4. The van der Waals surface area contributed by atoms with Crippen LogP contribution in [0.2, 0.25) is 4.34 Å². The third-order valence-electron chi connectivity index (χ3n) is 3.58. The Balaban J connectivity index is 2.13. The van der Waals surface area contributed by atoms with E-state index in [0.717, 1.165) is 29.7 Å². The lowest BCUT2D eigenvalue weighted by Crippen LogP contribution is -2.16. The lowest BCUT2D eigenvalue weighted by atomic mass is 10.2. The Morgan fingerprint density at radius 1 is 1.22 bits per heavy atom. The number of fused-ring (bicyclic) bond motifs is 1. The standard InChI is InChI=1S/C17H17ClN2OS2/c1-3-9-20-12-6-5-11(4-2)10-14(12)23-17(20)19-16(21)13-7-8-15(18)22-13/h5-8,10H,3-4,9H2,1-2H3. The van der Waals surface area contributed by atoms with Crippen molar-refractivity contribution in [1.29, 1.82) is 0 Å². The van der Waals surface area contributed by atoms with E-state index in [-0.39, 0.29) is 5.91 Å². The molecule has 0 aliphatic carbocycles. The second kappa shape index (κ2) is 6.99. The largest absolute Gasteiger partial charge is 0.316 e. The lowest BCUT2D eigenvalue weighted by Gasteiger charge is -2.03. The Morgan fingerprint density at radius 3 is 2.70 bits per heavy atom. The molecule has 0 aliphatic heterocycles. The number of hydrogen-bond donors (Lipinski definition) is 0. The molecule has 0 N–H and O–H groups in total. The molecule has 120 valence electrons. The highest BCUT2D eigenvalue weighted by Crippen LogP contribution is 2.23. The number of halogens is 1. The van der Waals surface area contributed by atoms with Gasteiger partial charge in [0.15, 0.2) is 4.80 Å². The number of carbonyl (C=O) groups is 1. The van der Waals surface area contributed by atoms with Gasteiger partial charge in [0.2, 0.25) is 0 Å². The topological polar surface area (TPSA) is 34.4 Å². The van der Waals surface area contributed by atoms with Gasteiger partial charge in [0.25, 0.3) is 5.91 Å². The van der Waals surface area contributed by atoms with Crippen molar-refractivity contribution in [3.05, 3.63) is 49.9 Å². The van der Waals surface area contributed by atoms with E-state index in [4.69, 9.17) is 11.6 Å². The molecular weight excluding hydrogens is 348 g/mol. The maximum atomic E-state index is 12.4. The quantitative estimate of drug-likeness (QED) is 0.631. The predicted octanol–water partition coefficient (Wildman–Crippen LogP) is 5.13. The molecule has 0 radical (unpaired) electrons. The number of aromatic nitrogens is 1. The van der Waals surface area contributed by atoms with Crippen LogP contribution >= 0.6 is 34.3 Å². The summed E-state index contributed by atoms with van der Waals surface area (Å²) in [6.45, 7) is 5.12. The summed E-state index contributed by atoms with van der Waals surface area (Å²) >= 11 is 8.74. The number of aryl methyl sites for hydroxylation is 2. The summed E-state index contributed by atoms with van der Waals surface area (Å²) in [7, 11) is 0. The zero-order valence-corrected chi connectivity index (χ0v) is 15.4. The summed E-state index contributed by atoms with van der Waals surface area (Å²) in [6, 6.07) is 9.92. The SMILES string of the molecule is CCCn1c(=NC(=O)c2ccc(Cl)s2)sc2cc(CC)ccc21. The van der Waals surface area contributed by atoms with E-state index in [9.17, 15) is 4.79 Å². The number of thiophene rings is 1. The molecule has 3 aromatic rings. The monoisotopic (exact) mass is 364 g/mol. The maximum absolute atomic E-state index is 12.4. The number of nitrogens with zero attached hydrogens (tertiary/aromatic N) is 2. The van der Waals surface area contributed by atoms with E-state index < -0.39 is 0 Å². The molecule has 3 rings (SSSR count). The second-order valence-electron chi connectivity index (χ2n) is 5.21. The molecule has 0 spiro atoms. The molecule has 1 amide bonds. The zero-order valence-electron chi connectivity index (χ0n) is 13.0. The van der Waals surface area contributed by atoms with E-state index in [1.54, 1.807) is 23.5 Å². The Kier molecular flexibility index (Phi) is 4.99. The molecule has 0 atom stereocenters. The van der Waals surface area contributed by atoms with Gasteiger partial charge in [-0.1, -0.05) is 42.9 Å². The van der Waals surface area contributed by atoms with Crippen molar-refractivity contribution in [2.75, 3.05) is 0 Å². The highest BCUT2D eigenvalue weighted by molar-refractivity contribution is 7.18. The molecule has 0 saturated carbocycles. The van der Waals surface area contributed by atoms with Crippen molar-refractivity contribution >= 4 is 50.4 Å². The number of carbonyl (C=O) groups excluding carboxylic acids is 1. The molecule has 1 aromatic carbocycles. The highest BCUT2D eigenvalue weighted by atomic mass is 35.5. The minimum atomic E-state index is -0.228. The van der Waals surface area contributed by atoms with Gasteiger partial charge in [0, 0.05) is 6.54 Å². The Bertz CT molecular complexity index is 920. The van der Waals surface area contributed by atoms with E-state index in [1.807, 2.05) is 0 Å². The van der Waals surface area contributed by atoms with E-state index in [2.05, 4.69) is 41.6 Å². The molecule has 0 aliphatic rings. The van der Waals surface area contributed by atoms with Crippen molar-refractivity contribution in [3.8, 4) is 0 Å². The van der Waals surface area contributed by atoms with Crippen LogP contribution in [0.3, 0.4) is 0 Å². The van der Waals surface area contributed by atoms with Crippen LogP contribution < -0.4 is 4.80 Å². The number of thiazole rings is 1. The fourth-order valence-corrected chi connectivity index (χ4v) is 4.48. The normalized spacial score (nSPS) is 12.2. The average Bonchev–Trinajstić information content (AvgIpc) is 3.11. The molecule has 0 saturated heterocycles. The van der Waals surface area contributed by atoms with Crippen LogP contribution in [0.15, 0.2) is 35.3 Å². The van der Waals surface area contributed by atoms with E-state index in [0.29, 0.717) is 9.21 Å². The highest BCUT2D eigenvalue weighted by Gasteiger charge is 2.11. The molecule has 0 unspecified atom stereocenters. The van der Waals surface area contributed by atoms with Crippen LogP contribution in [0.5, 0.6) is 0 Å². The van der Waals surface area contributed by atoms with Gasteiger partial charge in [-0.3, -0.25) is 4.79 Å². The van der Waals surface area contributed by atoms with Gasteiger partial charge in [-0.15, -0.1) is 11.3 Å². The van der Waals surface area contributed by atoms with Crippen molar-refractivity contribution in [2.45, 2.75) is 33.2 Å². The molecule has 2 aromatic heterocycles. The Labute approximate surface area is 147 Å². The Morgan fingerprint density at radius 2 is 2.04 bits per heavy atom. The lowest BCUT2D eigenvalue weighted by molar-refractivity contribution is 0.100. The first-order valence-corrected chi connectivity index (χ1v) is 9.60. The third-order valence-corrected chi connectivity index (χ3v) is 5.84. The van der Waals surface area contributed by atoms with Gasteiger partial charge < -0.3 is 4.57 Å². The van der Waals surface area contributed by atoms with Crippen LogP contribution in [0.1, 0.15) is 35.5 Å². The first-order chi connectivity index (χ1) is 11.1. The summed E-state index contributed by atoms with van der Waals surface area (Å²) < 4.78 is 3.91. The zero-order chi connectivity index (χ0) is 16.4. The van der Waals surface area contributed by atoms with Gasteiger partial charge in [0.05, 0.1) is 19.4 Å². The summed E-state index contributed by atoms with van der Waals surface area (Å²) in [5, 5.41) is 0. The van der Waals surface area contributed by atoms with Gasteiger partial charge in [-0.2, -0.15) is 4.99 Å². The fraction of sp³-hybridized carbons (Fsp3) is 0.294. The van der Waals surface area contributed by atoms with Crippen LogP contribution in [0.25, 0.3) is 10.2 Å². The fourth-order valence-electron chi connectivity index (χ4n) is 2.43. The van der Waals surface area contributed by atoms with Crippen LogP contribution in [0.4, 0.5) is 0 Å². The molecule has 0 bridgehead atoms. The van der Waals surface area contributed by atoms with Crippen molar-refractivity contribution < 1.29 is 4.79 Å². The van der Waals surface area contributed by atoms with Gasteiger partial charge >= 0.3 is 0 Å². The number of hydrogen-bond acceptors (Lipinski definition) is 3. The minimum Gasteiger partial charge on any atom is -0.316 e. The summed E-state index contributed by atoms with van der Waals surface area (Å²) in [4.78, 5) is 18.0. The van der Waals surface area contributed by atoms with Crippen LogP contribution in [-0.4, -0.2) is 10.5 Å². The first-order valence-electron chi connectivity index (χ1n) is 7.59. The maximum Gasteiger partial charge on any atom is 0.289 e. The number of benzene rings is 1. The summed E-state index contributed by atoms with van der Waals surface area (Å²) in [5.74, 6) is -0.228. The molecular formula is C17H17ClN2OS2. The first kappa shape index (κ1) is 16.4. The molecule has 6 heteroatoms. The molecule has 2 heterocycles. The van der Waals surface area contributed by atoms with Crippen molar-refractivity contribution in [3.63, 3.8) is 0 Å². The van der Waals surface area contributed by atoms with Crippen molar-refractivity contribution in [2.24, 2.45) is 4.99 Å². The van der Waals surface area contributed by atoms with E-state index in [1.165, 1.54) is 21.6 Å². The molecule has 0 fully saturated rings. The van der Waals surface area contributed by atoms with E-state index >= 15 is 0 Å². The smallest absolute Gasteiger partial charge is 0.289 e. The van der Waals surface area contributed by atoms with Crippen LogP contribution in [0, 0.1) is 0 Å². The van der Waals surface area contributed by atoms with Gasteiger partial charge in [0.1, 0.15) is 0 Å². The van der Waals surface area contributed by atoms with Crippen molar-refractivity contribution in [1.82, 2.24) is 4.57 Å². The van der Waals surface area contributed by atoms with Crippen LogP contribution in [-0.2, 0) is 13.0 Å². The summed E-state index contributed by atoms with van der Waals surface area (Å²) in [5.41, 5.74) is 2.44. The Hall–Kier alpha value is -1.43. The summed E-state index contributed by atoms with van der Waals surface area (Å²) in [6.07, 6.45) is 1.99. The average molecular weight is 365 g/mol. The predicted molar refractivity (Wildman–Crippen MR) is 98.7 cm³/mol. The minimum absolute atomic E-state index is 0.228. The molecule has 3 nitrogen and oxygen atoms in total. The van der Waals surface area contributed by atoms with Gasteiger partial charge in [-0.05, 0) is 42.7 Å². The third kappa shape index (κ3) is 3.42. The van der Waals surface area contributed by atoms with Gasteiger partial charge in [-0.25, -0.2) is 0 Å². The second-order valence-corrected chi connectivity index (χ2v) is 7.94. The number of amides is 1. The molecule has 23 heavy (non-hydrogen) atoms.